The van der Waals surface area contributed by atoms with Crippen molar-refractivity contribution < 1.29 is 27.4 Å². The highest BCUT2D eigenvalue weighted by Crippen LogP contribution is 2.22. The average Bonchev–Trinajstić information content (AvgIpc) is 2.75. The molecule has 0 heterocycles. The van der Waals surface area contributed by atoms with Crippen LogP contribution in [0, 0.1) is 0 Å². The number of hydrogen-bond donors (Lipinski definition) is 1. The van der Waals surface area contributed by atoms with Crippen LogP contribution < -0.4 is 23.8 Å². The Labute approximate surface area is 184 Å². The molecular weight excluding hydrogens is 420 g/mol. The highest BCUT2D eigenvalue weighted by molar-refractivity contribution is 7.92. The molecular formula is C22H30N2O6S. The molecule has 0 fully saturated rings. The Morgan fingerprint density at radius 3 is 2.10 bits per heavy atom. The third-order valence-electron chi connectivity index (χ3n) is 4.59. The van der Waals surface area contributed by atoms with Gasteiger partial charge in [-0.15, -0.1) is 0 Å². The second-order valence-corrected chi connectivity index (χ2v) is 9.15. The van der Waals surface area contributed by atoms with Gasteiger partial charge < -0.3 is 19.5 Å². The first kappa shape index (κ1) is 24.3. The molecule has 0 saturated carbocycles. The molecule has 1 N–H and O–H groups in total. The van der Waals surface area contributed by atoms with Crippen LogP contribution in [0.1, 0.15) is 20.3 Å². The average molecular weight is 451 g/mol. The summed E-state index contributed by atoms with van der Waals surface area (Å²) in [6.45, 7) is 4.01. The first-order chi connectivity index (χ1) is 14.6. The molecule has 0 radical (unpaired) electrons. The maximum Gasteiger partial charge on any atom is 0.261 e. The van der Waals surface area contributed by atoms with Gasteiger partial charge in [-0.1, -0.05) is 6.92 Å². The van der Waals surface area contributed by atoms with Crippen molar-refractivity contribution in [3.8, 4) is 17.2 Å². The van der Waals surface area contributed by atoms with Crippen LogP contribution in [-0.4, -0.2) is 53.5 Å². The number of carbonyl (C=O) groups is 1. The molecule has 0 spiro atoms. The smallest absolute Gasteiger partial charge is 0.261 e. The normalized spacial score (nSPS) is 13.1. The molecule has 0 unspecified atom stereocenters. The topological polar surface area (TPSA) is 94.2 Å². The molecule has 0 aliphatic heterocycles. The van der Waals surface area contributed by atoms with E-state index in [0.29, 0.717) is 30.2 Å². The third kappa shape index (κ3) is 7.36. The van der Waals surface area contributed by atoms with Gasteiger partial charge in [-0.2, -0.15) is 0 Å². The predicted molar refractivity (Wildman–Crippen MR) is 120 cm³/mol. The quantitative estimate of drug-likeness (QED) is 0.566. The largest absolute Gasteiger partial charge is 0.497 e. The molecule has 0 aliphatic carbocycles. The van der Waals surface area contributed by atoms with Crippen molar-refractivity contribution >= 4 is 21.6 Å². The second kappa shape index (κ2) is 10.9. The number of benzene rings is 2. The van der Waals surface area contributed by atoms with Crippen LogP contribution in [0.2, 0.25) is 0 Å². The molecule has 0 aliphatic rings. The van der Waals surface area contributed by atoms with Crippen molar-refractivity contribution in [2.24, 2.45) is 0 Å². The number of ether oxygens (including phenoxy) is 3. The fourth-order valence-corrected chi connectivity index (χ4v) is 3.19. The van der Waals surface area contributed by atoms with E-state index < -0.39 is 16.1 Å². The Hall–Kier alpha value is -2.94. The lowest BCUT2D eigenvalue weighted by atomic mass is 10.2. The summed E-state index contributed by atoms with van der Waals surface area (Å²) >= 11 is 0. The molecule has 0 saturated heterocycles. The van der Waals surface area contributed by atoms with Gasteiger partial charge in [0.2, 0.25) is 10.0 Å². The van der Waals surface area contributed by atoms with E-state index in [9.17, 15) is 13.2 Å². The Morgan fingerprint density at radius 2 is 1.58 bits per heavy atom. The zero-order chi connectivity index (χ0) is 23.0. The van der Waals surface area contributed by atoms with E-state index >= 15 is 0 Å². The minimum Gasteiger partial charge on any atom is -0.497 e. The monoisotopic (exact) mass is 450 g/mol. The van der Waals surface area contributed by atoms with Crippen LogP contribution in [0.5, 0.6) is 17.2 Å². The van der Waals surface area contributed by atoms with E-state index in [1.807, 2.05) is 13.8 Å². The SMILES string of the molecule is CC[C@@H](Oc1ccc(N(C)S(C)(=O)=O)cc1)C(=O)N[C@H](C)COc1ccc(OC)cc1. The zero-order valence-electron chi connectivity index (χ0n) is 18.5. The van der Waals surface area contributed by atoms with Crippen LogP contribution in [0.3, 0.4) is 0 Å². The summed E-state index contributed by atoms with van der Waals surface area (Å²) in [7, 11) is -0.268. The minimum atomic E-state index is -3.34. The van der Waals surface area contributed by atoms with Crippen LogP contribution in [0.25, 0.3) is 0 Å². The van der Waals surface area contributed by atoms with Crippen molar-refractivity contribution in [1.82, 2.24) is 5.32 Å². The van der Waals surface area contributed by atoms with Crippen molar-refractivity contribution in [3.05, 3.63) is 48.5 Å². The lowest BCUT2D eigenvalue weighted by Crippen LogP contribution is -2.44. The molecule has 0 bridgehead atoms. The van der Waals surface area contributed by atoms with Gasteiger partial charge in [-0.05, 0) is 61.9 Å². The van der Waals surface area contributed by atoms with Crippen LogP contribution in [0.4, 0.5) is 5.69 Å². The fraction of sp³-hybridized carbons (Fsp3) is 0.409. The van der Waals surface area contributed by atoms with E-state index in [0.717, 1.165) is 12.0 Å². The Bertz CT molecular complexity index is 945. The summed E-state index contributed by atoms with van der Waals surface area (Å²) in [5, 5.41) is 2.89. The summed E-state index contributed by atoms with van der Waals surface area (Å²) < 4.78 is 41.0. The van der Waals surface area contributed by atoms with Gasteiger partial charge in [-0.25, -0.2) is 8.42 Å². The number of nitrogens with one attached hydrogen (secondary N) is 1. The van der Waals surface area contributed by atoms with Gasteiger partial charge in [0.1, 0.15) is 23.9 Å². The summed E-state index contributed by atoms with van der Waals surface area (Å²) in [6, 6.07) is 13.5. The Balaban J connectivity index is 1.89. The number of hydrogen-bond acceptors (Lipinski definition) is 6. The minimum absolute atomic E-state index is 0.224. The number of rotatable bonds is 11. The lowest BCUT2D eigenvalue weighted by Gasteiger charge is -2.21. The Morgan fingerprint density at radius 1 is 1.03 bits per heavy atom. The fourth-order valence-electron chi connectivity index (χ4n) is 2.68. The molecule has 9 heteroatoms. The van der Waals surface area contributed by atoms with Gasteiger partial charge in [0.05, 0.1) is 25.1 Å². The van der Waals surface area contributed by atoms with Crippen molar-refractivity contribution in [2.45, 2.75) is 32.4 Å². The van der Waals surface area contributed by atoms with E-state index in [2.05, 4.69) is 5.32 Å². The van der Waals surface area contributed by atoms with Crippen molar-refractivity contribution in [1.29, 1.82) is 0 Å². The van der Waals surface area contributed by atoms with Gasteiger partial charge in [-0.3, -0.25) is 9.10 Å². The molecule has 2 aromatic rings. The van der Waals surface area contributed by atoms with Crippen LogP contribution >= 0.6 is 0 Å². The van der Waals surface area contributed by atoms with Crippen molar-refractivity contribution in [3.63, 3.8) is 0 Å². The number of anilines is 1. The van der Waals surface area contributed by atoms with Gasteiger partial charge in [0.15, 0.2) is 6.10 Å². The molecule has 31 heavy (non-hydrogen) atoms. The first-order valence-electron chi connectivity index (χ1n) is 9.92. The highest BCUT2D eigenvalue weighted by Gasteiger charge is 2.21. The van der Waals surface area contributed by atoms with Crippen LogP contribution in [0.15, 0.2) is 48.5 Å². The number of carbonyl (C=O) groups excluding carboxylic acids is 1. The van der Waals surface area contributed by atoms with Gasteiger partial charge in [0.25, 0.3) is 5.91 Å². The summed E-state index contributed by atoms with van der Waals surface area (Å²) in [5.41, 5.74) is 0.511. The second-order valence-electron chi connectivity index (χ2n) is 7.14. The third-order valence-corrected chi connectivity index (χ3v) is 5.79. The maximum absolute atomic E-state index is 12.6. The number of nitrogens with zero attached hydrogens (tertiary/aromatic N) is 1. The van der Waals surface area contributed by atoms with Crippen molar-refractivity contribution in [2.75, 3.05) is 31.3 Å². The zero-order valence-corrected chi connectivity index (χ0v) is 19.3. The number of methoxy groups -OCH3 is 1. The maximum atomic E-state index is 12.6. The molecule has 170 valence electrons. The molecule has 8 nitrogen and oxygen atoms in total. The number of amides is 1. The highest BCUT2D eigenvalue weighted by atomic mass is 32.2. The van der Waals surface area contributed by atoms with E-state index in [1.165, 1.54) is 11.4 Å². The molecule has 2 aromatic carbocycles. The molecule has 1 amide bonds. The molecule has 2 atom stereocenters. The van der Waals surface area contributed by atoms with E-state index in [4.69, 9.17) is 14.2 Å². The Kier molecular flexibility index (Phi) is 8.56. The van der Waals surface area contributed by atoms with Crippen LogP contribution in [-0.2, 0) is 14.8 Å². The summed E-state index contributed by atoms with van der Waals surface area (Å²) in [4.78, 5) is 12.6. The molecule has 2 rings (SSSR count). The van der Waals surface area contributed by atoms with Gasteiger partial charge >= 0.3 is 0 Å². The summed E-state index contributed by atoms with van der Waals surface area (Å²) in [6.07, 6.45) is 0.930. The molecule has 0 aromatic heterocycles. The van der Waals surface area contributed by atoms with E-state index in [-0.39, 0.29) is 11.9 Å². The predicted octanol–water partition coefficient (Wildman–Crippen LogP) is 2.83. The summed E-state index contributed by atoms with van der Waals surface area (Å²) in [5.74, 6) is 1.66. The van der Waals surface area contributed by atoms with E-state index in [1.54, 1.807) is 55.6 Å². The lowest BCUT2D eigenvalue weighted by molar-refractivity contribution is -0.128. The standard InChI is InChI=1S/C22H30N2O6S/c1-6-21(30-20-9-7-17(8-10-20)24(3)31(5,26)27)22(25)23-16(2)15-29-19-13-11-18(28-4)12-14-19/h7-14,16,21H,6,15H2,1-5H3,(H,23,25)/t16-,21-/m1/s1. The first-order valence-corrected chi connectivity index (χ1v) is 11.8. The number of sulfonamides is 1. The van der Waals surface area contributed by atoms with Gasteiger partial charge in [0, 0.05) is 7.05 Å².